The largest absolute Gasteiger partial charge is 0.462 e. The van der Waals surface area contributed by atoms with E-state index in [0.29, 0.717) is 12.2 Å². The van der Waals surface area contributed by atoms with E-state index < -0.39 is 0 Å². The minimum Gasteiger partial charge on any atom is -0.462 e. The number of ether oxygens (including phenoxy) is 1. The van der Waals surface area contributed by atoms with Crippen molar-refractivity contribution in [3.8, 4) is 0 Å². The quantitative estimate of drug-likeness (QED) is 0.573. The Labute approximate surface area is 72.3 Å². The molecule has 0 N–H and O–H groups in total. The number of carbonyl (C=O) groups is 1. The van der Waals surface area contributed by atoms with Crippen molar-refractivity contribution in [2.24, 2.45) is 0 Å². The standard InChI is InChI=1S/C9H13NO2/c1-3-12-9(11)8-5-4-6-10(2)7-8/h4-5,7H,3,6H2,1-2H3. The number of rotatable bonds is 2. The molecule has 0 unspecified atom stereocenters. The fourth-order valence-electron chi connectivity index (χ4n) is 1.01. The third-order valence-electron chi connectivity index (χ3n) is 1.56. The topological polar surface area (TPSA) is 29.5 Å². The van der Waals surface area contributed by atoms with Crippen LogP contribution in [0.15, 0.2) is 23.9 Å². The van der Waals surface area contributed by atoms with Crippen LogP contribution in [0.4, 0.5) is 0 Å². The van der Waals surface area contributed by atoms with E-state index in [4.69, 9.17) is 4.74 Å². The minimum absolute atomic E-state index is 0.250. The van der Waals surface area contributed by atoms with Crippen molar-refractivity contribution < 1.29 is 9.53 Å². The van der Waals surface area contributed by atoms with Gasteiger partial charge in [-0.25, -0.2) is 4.79 Å². The molecule has 0 saturated heterocycles. The lowest BCUT2D eigenvalue weighted by Crippen LogP contribution is -2.18. The normalized spacial score (nSPS) is 15.8. The number of hydrogen-bond acceptors (Lipinski definition) is 3. The smallest absolute Gasteiger partial charge is 0.339 e. The molecule has 0 saturated carbocycles. The van der Waals surface area contributed by atoms with E-state index in [1.54, 1.807) is 19.2 Å². The molecule has 0 spiro atoms. The molecule has 0 aromatic rings. The molecule has 0 atom stereocenters. The number of nitrogens with zero attached hydrogens (tertiary/aromatic N) is 1. The Morgan fingerprint density at radius 1 is 1.75 bits per heavy atom. The van der Waals surface area contributed by atoms with Gasteiger partial charge < -0.3 is 9.64 Å². The first-order valence-electron chi connectivity index (χ1n) is 3.99. The summed E-state index contributed by atoms with van der Waals surface area (Å²) in [6.45, 7) is 3.07. The van der Waals surface area contributed by atoms with Crippen LogP contribution < -0.4 is 0 Å². The van der Waals surface area contributed by atoms with Crippen LogP contribution in [-0.2, 0) is 9.53 Å². The maximum Gasteiger partial charge on any atom is 0.339 e. The summed E-state index contributed by atoms with van der Waals surface area (Å²) in [4.78, 5) is 13.1. The van der Waals surface area contributed by atoms with Crippen molar-refractivity contribution in [2.45, 2.75) is 6.92 Å². The van der Waals surface area contributed by atoms with E-state index in [1.807, 2.05) is 18.0 Å². The highest BCUT2D eigenvalue weighted by molar-refractivity contribution is 5.91. The zero-order chi connectivity index (χ0) is 8.97. The van der Waals surface area contributed by atoms with Gasteiger partial charge in [0.2, 0.25) is 0 Å². The van der Waals surface area contributed by atoms with E-state index in [9.17, 15) is 4.79 Å². The van der Waals surface area contributed by atoms with E-state index >= 15 is 0 Å². The summed E-state index contributed by atoms with van der Waals surface area (Å²) in [7, 11) is 1.92. The first kappa shape index (κ1) is 8.84. The number of esters is 1. The predicted molar refractivity (Wildman–Crippen MR) is 46.5 cm³/mol. The molecule has 12 heavy (non-hydrogen) atoms. The molecule has 1 heterocycles. The summed E-state index contributed by atoms with van der Waals surface area (Å²) in [6, 6.07) is 0. The lowest BCUT2D eigenvalue weighted by molar-refractivity contribution is -0.138. The maximum atomic E-state index is 11.2. The van der Waals surface area contributed by atoms with Gasteiger partial charge in [-0.1, -0.05) is 6.08 Å². The molecule has 0 aromatic carbocycles. The lowest BCUT2D eigenvalue weighted by Gasteiger charge is -2.16. The molecule has 1 aliphatic heterocycles. The highest BCUT2D eigenvalue weighted by atomic mass is 16.5. The molecule has 66 valence electrons. The average Bonchev–Trinajstić information content (AvgIpc) is 2.05. The summed E-state index contributed by atoms with van der Waals surface area (Å²) in [5, 5.41) is 0. The maximum absolute atomic E-state index is 11.2. The molecule has 1 aliphatic rings. The zero-order valence-corrected chi connectivity index (χ0v) is 7.41. The van der Waals surface area contributed by atoms with E-state index in [1.165, 1.54) is 0 Å². The van der Waals surface area contributed by atoms with Crippen molar-refractivity contribution in [2.75, 3.05) is 20.2 Å². The molecular weight excluding hydrogens is 154 g/mol. The molecule has 3 heteroatoms. The summed E-state index contributed by atoms with van der Waals surface area (Å²) in [5.41, 5.74) is 0.616. The van der Waals surface area contributed by atoms with Gasteiger partial charge in [0.05, 0.1) is 12.2 Å². The zero-order valence-electron chi connectivity index (χ0n) is 7.41. The molecular formula is C9H13NO2. The van der Waals surface area contributed by atoms with Gasteiger partial charge in [0.25, 0.3) is 0 Å². The van der Waals surface area contributed by atoms with Gasteiger partial charge in [-0.2, -0.15) is 0 Å². The van der Waals surface area contributed by atoms with Crippen LogP contribution in [0.2, 0.25) is 0 Å². The van der Waals surface area contributed by atoms with Gasteiger partial charge in [-0.05, 0) is 13.0 Å². The third-order valence-corrected chi connectivity index (χ3v) is 1.56. The Bertz CT molecular complexity index is 231. The Morgan fingerprint density at radius 3 is 3.08 bits per heavy atom. The van der Waals surface area contributed by atoms with Gasteiger partial charge in [0, 0.05) is 19.8 Å². The van der Waals surface area contributed by atoms with Gasteiger partial charge in [-0.15, -0.1) is 0 Å². The molecule has 0 bridgehead atoms. The van der Waals surface area contributed by atoms with E-state index in [2.05, 4.69) is 0 Å². The summed E-state index contributed by atoms with van der Waals surface area (Å²) >= 11 is 0. The van der Waals surface area contributed by atoms with E-state index in [-0.39, 0.29) is 5.97 Å². The number of hydrogen-bond donors (Lipinski definition) is 0. The van der Waals surface area contributed by atoms with E-state index in [0.717, 1.165) is 6.54 Å². The minimum atomic E-state index is -0.250. The SMILES string of the molecule is CCOC(=O)C1=CN(C)CC=C1. The Kier molecular flexibility index (Phi) is 2.91. The number of carbonyl (C=O) groups excluding carboxylic acids is 1. The Hall–Kier alpha value is -1.25. The molecule has 0 amide bonds. The van der Waals surface area contributed by atoms with Crippen LogP contribution in [0.5, 0.6) is 0 Å². The van der Waals surface area contributed by atoms with Crippen molar-refractivity contribution in [3.05, 3.63) is 23.9 Å². The third kappa shape index (κ3) is 2.12. The highest BCUT2D eigenvalue weighted by Crippen LogP contribution is 2.07. The second-order valence-electron chi connectivity index (χ2n) is 2.65. The predicted octanol–water partition coefficient (Wildman–Crippen LogP) is 0.935. The van der Waals surface area contributed by atoms with Gasteiger partial charge in [-0.3, -0.25) is 0 Å². The second kappa shape index (κ2) is 3.95. The first-order chi connectivity index (χ1) is 5.74. The molecule has 3 nitrogen and oxygen atoms in total. The summed E-state index contributed by atoms with van der Waals surface area (Å²) in [6.07, 6.45) is 5.52. The average molecular weight is 167 g/mol. The van der Waals surface area contributed by atoms with Gasteiger partial charge in [0.1, 0.15) is 0 Å². The Morgan fingerprint density at radius 2 is 2.50 bits per heavy atom. The van der Waals surface area contributed by atoms with Crippen molar-refractivity contribution in [3.63, 3.8) is 0 Å². The van der Waals surface area contributed by atoms with Gasteiger partial charge >= 0.3 is 5.97 Å². The highest BCUT2D eigenvalue weighted by Gasteiger charge is 2.10. The summed E-state index contributed by atoms with van der Waals surface area (Å²) < 4.78 is 4.84. The molecule has 0 fully saturated rings. The van der Waals surface area contributed by atoms with Crippen molar-refractivity contribution in [1.82, 2.24) is 4.90 Å². The monoisotopic (exact) mass is 167 g/mol. The van der Waals surface area contributed by atoms with Gasteiger partial charge in [0.15, 0.2) is 0 Å². The van der Waals surface area contributed by atoms with Crippen LogP contribution in [0.3, 0.4) is 0 Å². The van der Waals surface area contributed by atoms with Crippen LogP contribution in [0.25, 0.3) is 0 Å². The number of likely N-dealkylation sites (N-methyl/N-ethyl adjacent to an activating group) is 1. The fraction of sp³-hybridized carbons (Fsp3) is 0.444. The lowest BCUT2D eigenvalue weighted by atomic mass is 10.2. The molecule has 0 aromatic heterocycles. The Balaban J connectivity index is 2.61. The van der Waals surface area contributed by atoms with Crippen molar-refractivity contribution in [1.29, 1.82) is 0 Å². The first-order valence-corrected chi connectivity index (χ1v) is 3.99. The van der Waals surface area contributed by atoms with Crippen LogP contribution in [-0.4, -0.2) is 31.1 Å². The van der Waals surface area contributed by atoms with Crippen LogP contribution in [0, 0.1) is 0 Å². The molecule has 1 rings (SSSR count). The molecule has 0 radical (unpaired) electrons. The fourth-order valence-corrected chi connectivity index (χ4v) is 1.01. The summed E-state index contributed by atoms with van der Waals surface area (Å²) in [5.74, 6) is -0.250. The van der Waals surface area contributed by atoms with Crippen LogP contribution >= 0.6 is 0 Å². The second-order valence-corrected chi connectivity index (χ2v) is 2.65. The van der Waals surface area contributed by atoms with Crippen LogP contribution in [0.1, 0.15) is 6.92 Å². The molecule has 0 aliphatic carbocycles. The van der Waals surface area contributed by atoms with Crippen molar-refractivity contribution >= 4 is 5.97 Å².